The number of carbonyl (C=O) groups excluding carboxylic acids is 1. The molecule has 4 heteroatoms. The molecule has 18 heavy (non-hydrogen) atoms. The Morgan fingerprint density at radius 1 is 1.28 bits per heavy atom. The first-order valence-electron chi connectivity index (χ1n) is 6.46. The van der Waals surface area contributed by atoms with Crippen LogP contribution in [0.3, 0.4) is 0 Å². The van der Waals surface area contributed by atoms with Crippen molar-refractivity contribution in [2.45, 2.75) is 19.4 Å². The molecule has 1 heterocycles. The van der Waals surface area contributed by atoms with Crippen molar-refractivity contribution in [3.63, 3.8) is 0 Å². The maximum atomic E-state index is 11.6. The number of amides is 1. The molecule has 4 nitrogen and oxygen atoms in total. The van der Waals surface area contributed by atoms with Gasteiger partial charge in [0.25, 0.3) is 0 Å². The Balaban J connectivity index is 2.01. The first kappa shape index (κ1) is 13.1. The van der Waals surface area contributed by atoms with Gasteiger partial charge in [0, 0.05) is 38.8 Å². The van der Waals surface area contributed by atoms with E-state index >= 15 is 0 Å². The van der Waals surface area contributed by atoms with E-state index < -0.39 is 0 Å². The second-order valence-electron chi connectivity index (χ2n) is 4.70. The van der Waals surface area contributed by atoms with Crippen molar-refractivity contribution in [2.75, 3.05) is 32.1 Å². The second kappa shape index (κ2) is 5.98. The zero-order valence-corrected chi connectivity index (χ0v) is 11.1. The molecule has 1 aliphatic heterocycles. The van der Waals surface area contributed by atoms with E-state index in [2.05, 4.69) is 28.8 Å². The molecule has 0 saturated carbocycles. The number of anilines is 1. The number of benzene rings is 1. The van der Waals surface area contributed by atoms with Crippen LogP contribution < -0.4 is 15.5 Å². The van der Waals surface area contributed by atoms with Crippen LogP contribution in [0.15, 0.2) is 18.2 Å². The van der Waals surface area contributed by atoms with E-state index in [-0.39, 0.29) is 5.91 Å². The van der Waals surface area contributed by atoms with Crippen LogP contribution in [0, 0.1) is 0 Å². The molecule has 1 amide bonds. The van der Waals surface area contributed by atoms with Gasteiger partial charge >= 0.3 is 0 Å². The van der Waals surface area contributed by atoms with Gasteiger partial charge in [0.2, 0.25) is 5.91 Å². The van der Waals surface area contributed by atoms with Gasteiger partial charge in [-0.1, -0.05) is 12.1 Å². The highest BCUT2D eigenvalue weighted by atomic mass is 16.2. The maximum Gasteiger partial charge on any atom is 0.227 e. The number of hydrogen-bond acceptors (Lipinski definition) is 3. The normalized spacial score (nSPS) is 14.8. The van der Waals surface area contributed by atoms with Crippen molar-refractivity contribution >= 4 is 11.6 Å². The third-order valence-electron chi connectivity index (χ3n) is 3.37. The van der Waals surface area contributed by atoms with E-state index in [9.17, 15) is 4.79 Å². The van der Waals surface area contributed by atoms with Crippen LogP contribution in [0.4, 0.5) is 5.69 Å². The first-order chi connectivity index (χ1) is 8.72. The van der Waals surface area contributed by atoms with Gasteiger partial charge in [-0.3, -0.25) is 4.79 Å². The van der Waals surface area contributed by atoms with Crippen LogP contribution in [0.2, 0.25) is 0 Å². The largest absolute Gasteiger partial charge is 0.318 e. The molecule has 0 aliphatic carbocycles. The van der Waals surface area contributed by atoms with Crippen LogP contribution >= 0.6 is 0 Å². The molecule has 1 aliphatic rings. The molecular weight excluding hydrogens is 226 g/mol. The van der Waals surface area contributed by atoms with Gasteiger partial charge in [-0.25, -0.2) is 0 Å². The molecule has 0 saturated heterocycles. The minimum absolute atomic E-state index is 0.211. The third-order valence-corrected chi connectivity index (χ3v) is 3.37. The molecule has 0 bridgehead atoms. The number of fused-ring (bicyclic) bond motifs is 1. The minimum Gasteiger partial charge on any atom is -0.318 e. The lowest BCUT2D eigenvalue weighted by molar-refractivity contribution is -0.118. The molecule has 1 aromatic rings. The van der Waals surface area contributed by atoms with Crippen molar-refractivity contribution in [1.29, 1.82) is 0 Å². The summed E-state index contributed by atoms with van der Waals surface area (Å²) in [7, 11) is 3.80. The molecule has 98 valence electrons. The number of nitrogens with zero attached hydrogens (tertiary/aromatic N) is 1. The smallest absolute Gasteiger partial charge is 0.227 e. The Labute approximate surface area is 108 Å². The fourth-order valence-corrected chi connectivity index (χ4v) is 2.27. The minimum atomic E-state index is 0.211. The van der Waals surface area contributed by atoms with Gasteiger partial charge in [0.1, 0.15) is 0 Å². The van der Waals surface area contributed by atoms with Crippen LogP contribution in [0.1, 0.15) is 17.5 Å². The molecule has 2 N–H and O–H groups in total. The Hall–Kier alpha value is -1.39. The molecule has 0 atom stereocenters. The topological polar surface area (TPSA) is 44.4 Å². The maximum absolute atomic E-state index is 11.6. The van der Waals surface area contributed by atoms with Gasteiger partial charge < -0.3 is 15.5 Å². The van der Waals surface area contributed by atoms with Gasteiger partial charge in [0.15, 0.2) is 0 Å². The van der Waals surface area contributed by atoms with Gasteiger partial charge in [-0.05, 0) is 30.7 Å². The van der Waals surface area contributed by atoms with Crippen LogP contribution in [0.25, 0.3) is 0 Å². The molecule has 1 aromatic carbocycles. The highest BCUT2D eigenvalue weighted by molar-refractivity contribution is 5.95. The lowest BCUT2D eigenvalue weighted by Crippen LogP contribution is -2.31. The number of likely N-dealkylation sites (N-methyl/N-ethyl adjacent to an activating group) is 1. The Morgan fingerprint density at radius 2 is 2.11 bits per heavy atom. The monoisotopic (exact) mass is 247 g/mol. The summed E-state index contributed by atoms with van der Waals surface area (Å²) in [6.45, 7) is 2.82. The summed E-state index contributed by atoms with van der Waals surface area (Å²) in [5.74, 6) is 0.211. The predicted octanol–water partition coefficient (Wildman–Crippen LogP) is 0.905. The lowest BCUT2D eigenvalue weighted by Gasteiger charge is -2.26. The van der Waals surface area contributed by atoms with E-state index in [1.165, 1.54) is 11.1 Å². The van der Waals surface area contributed by atoms with E-state index in [1.807, 2.05) is 14.1 Å². The van der Waals surface area contributed by atoms with E-state index in [1.54, 1.807) is 4.90 Å². The lowest BCUT2D eigenvalue weighted by atomic mass is 9.99. The molecule has 0 fully saturated rings. The molecular formula is C14H21N3O. The van der Waals surface area contributed by atoms with Crippen molar-refractivity contribution in [2.24, 2.45) is 0 Å². The average molecular weight is 247 g/mol. The molecule has 0 unspecified atom stereocenters. The van der Waals surface area contributed by atoms with E-state index in [4.69, 9.17) is 0 Å². The van der Waals surface area contributed by atoms with Gasteiger partial charge in [-0.15, -0.1) is 0 Å². The quantitative estimate of drug-likeness (QED) is 0.760. The summed E-state index contributed by atoms with van der Waals surface area (Å²) in [4.78, 5) is 13.4. The summed E-state index contributed by atoms with van der Waals surface area (Å²) in [5, 5.41) is 6.49. The van der Waals surface area contributed by atoms with Crippen molar-refractivity contribution in [1.82, 2.24) is 10.6 Å². The SMILES string of the molecule is CNCCNCc1ccc2c(c1)CCC(=O)N2C. The average Bonchev–Trinajstić information content (AvgIpc) is 2.39. The van der Waals surface area contributed by atoms with Gasteiger partial charge in [-0.2, -0.15) is 0 Å². The Kier molecular flexibility index (Phi) is 4.33. The standard InChI is InChI=1S/C14H21N3O/c1-15-7-8-16-10-11-3-5-13-12(9-11)4-6-14(18)17(13)2/h3,5,9,15-16H,4,6-8,10H2,1-2H3. The number of aryl methyl sites for hydroxylation is 1. The number of hydrogen-bond donors (Lipinski definition) is 2. The number of rotatable bonds is 5. The molecule has 2 rings (SSSR count). The van der Waals surface area contributed by atoms with Crippen LogP contribution in [-0.4, -0.2) is 33.1 Å². The zero-order chi connectivity index (χ0) is 13.0. The summed E-state index contributed by atoms with van der Waals surface area (Å²) < 4.78 is 0. The summed E-state index contributed by atoms with van der Waals surface area (Å²) >= 11 is 0. The number of nitrogens with one attached hydrogen (secondary N) is 2. The first-order valence-corrected chi connectivity index (χ1v) is 6.46. The van der Waals surface area contributed by atoms with E-state index in [0.29, 0.717) is 6.42 Å². The predicted molar refractivity (Wildman–Crippen MR) is 73.8 cm³/mol. The third kappa shape index (κ3) is 2.89. The van der Waals surface area contributed by atoms with E-state index in [0.717, 1.165) is 31.7 Å². The fourth-order valence-electron chi connectivity index (χ4n) is 2.27. The van der Waals surface area contributed by atoms with Crippen molar-refractivity contribution in [3.05, 3.63) is 29.3 Å². The Morgan fingerprint density at radius 3 is 2.89 bits per heavy atom. The molecule has 0 radical (unpaired) electrons. The Bertz CT molecular complexity index is 431. The van der Waals surface area contributed by atoms with Crippen molar-refractivity contribution < 1.29 is 4.79 Å². The summed E-state index contributed by atoms with van der Waals surface area (Å²) in [5.41, 5.74) is 3.63. The highest BCUT2D eigenvalue weighted by Crippen LogP contribution is 2.27. The number of carbonyl (C=O) groups is 1. The van der Waals surface area contributed by atoms with Crippen LogP contribution in [0.5, 0.6) is 0 Å². The van der Waals surface area contributed by atoms with Crippen molar-refractivity contribution in [3.8, 4) is 0 Å². The molecule has 0 aromatic heterocycles. The van der Waals surface area contributed by atoms with Crippen LogP contribution in [-0.2, 0) is 17.8 Å². The fraction of sp³-hybridized carbons (Fsp3) is 0.500. The second-order valence-corrected chi connectivity index (χ2v) is 4.70. The highest BCUT2D eigenvalue weighted by Gasteiger charge is 2.20. The van der Waals surface area contributed by atoms with Gasteiger partial charge in [0.05, 0.1) is 0 Å². The molecule has 0 spiro atoms. The zero-order valence-electron chi connectivity index (χ0n) is 11.1. The summed E-state index contributed by atoms with van der Waals surface area (Å²) in [6, 6.07) is 6.37. The summed E-state index contributed by atoms with van der Waals surface area (Å²) in [6.07, 6.45) is 1.49.